The Bertz CT molecular complexity index is 196. The van der Waals surface area contributed by atoms with Gasteiger partial charge < -0.3 is 29.9 Å². The SMILES string of the molecule is C.C.CC(C)O[C@H]1OC(CO)[C@H](O)[C@H](O)C1O. The molecular weight excluding hydrogens is 228 g/mol. The molecule has 1 saturated heterocycles. The predicted octanol–water partition coefficient (Wildman–Crippen LogP) is -0.517. The van der Waals surface area contributed by atoms with Crippen molar-refractivity contribution in [2.45, 2.75) is 65.5 Å². The molecule has 1 aliphatic rings. The van der Waals surface area contributed by atoms with E-state index in [1.165, 1.54) is 0 Å². The third-order valence-electron chi connectivity index (χ3n) is 2.25. The highest BCUT2D eigenvalue weighted by atomic mass is 16.7. The van der Waals surface area contributed by atoms with Crippen LogP contribution in [0.15, 0.2) is 0 Å². The third-order valence-corrected chi connectivity index (χ3v) is 2.25. The lowest BCUT2D eigenvalue weighted by molar-refractivity contribution is -0.308. The van der Waals surface area contributed by atoms with Gasteiger partial charge in [-0.3, -0.25) is 0 Å². The molecule has 0 spiro atoms. The summed E-state index contributed by atoms with van der Waals surface area (Å²) in [7, 11) is 0. The van der Waals surface area contributed by atoms with Crippen molar-refractivity contribution in [3.05, 3.63) is 0 Å². The van der Waals surface area contributed by atoms with Gasteiger partial charge >= 0.3 is 0 Å². The molecule has 1 rings (SSSR count). The second-order valence-corrected chi connectivity index (χ2v) is 3.88. The normalized spacial score (nSPS) is 37.2. The molecule has 0 amide bonds. The quantitative estimate of drug-likeness (QED) is 0.541. The van der Waals surface area contributed by atoms with Gasteiger partial charge in [0.2, 0.25) is 0 Å². The van der Waals surface area contributed by atoms with Gasteiger partial charge in [-0.2, -0.15) is 0 Å². The van der Waals surface area contributed by atoms with Crippen LogP contribution in [0, 0.1) is 0 Å². The van der Waals surface area contributed by atoms with E-state index < -0.39 is 37.3 Å². The minimum Gasteiger partial charge on any atom is -0.394 e. The number of ether oxygens (including phenoxy) is 2. The Balaban J connectivity index is 0. The van der Waals surface area contributed by atoms with Gasteiger partial charge in [-0.05, 0) is 13.8 Å². The first kappa shape index (κ1) is 19.1. The highest BCUT2D eigenvalue weighted by Gasteiger charge is 2.44. The largest absolute Gasteiger partial charge is 0.394 e. The Hall–Kier alpha value is -0.240. The number of hydrogen-bond donors (Lipinski definition) is 4. The summed E-state index contributed by atoms with van der Waals surface area (Å²) in [4.78, 5) is 0. The molecule has 2 unspecified atom stereocenters. The topological polar surface area (TPSA) is 99.4 Å². The fraction of sp³-hybridized carbons (Fsp3) is 1.00. The molecule has 106 valence electrons. The molecular formula is C11H26O6. The van der Waals surface area contributed by atoms with Gasteiger partial charge in [-0.15, -0.1) is 0 Å². The van der Waals surface area contributed by atoms with Gasteiger partial charge in [0.15, 0.2) is 6.29 Å². The summed E-state index contributed by atoms with van der Waals surface area (Å²) in [6.45, 7) is 3.06. The molecule has 5 atom stereocenters. The fourth-order valence-corrected chi connectivity index (χ4v) is 1.45. The van der Waals surface area contributed by atoms with E-state index in [2.05, 4.69) is 0 Å². The molecule has 0 radical (unpaired) electrons. The van der Waals surface area contributed by atoms with E-state index in [9.17, 15) is 15.3 Å². The van der Waals surface area contributed by atoms with Crippen molar-refractivity contribution in [1.29, 1.82) is 0 Å². The number of aliphatic hydroxyl groups is 4. The van der Waals surface area contributed by atoms with Crippen LogP contribution in [-0.2, 0) is 9.47 Å². The van der Waals surface area contributed by atoms with Gasteiger partial charge in [-0.1, -0.05) is 14.9 Å². The van der Waals surface area contributed by atoms with Crippen LogP contribution >= 0.6 is 0 Å². The highest BCUT2D eigenvalue weighted by molar-refractivity contribution is 4.88. The van der Waals surface area contributed by atoms with Crippen molar-refractivity contribution < 1.29 is 29.9 Å². The molecule has 1 fully saturated rings. The lowest BCUT2D eigenvalue weighted by atomic mass is 9.99. The van der Waals surface area contributed by atoms with Crippen LogP contribution in [0.3, 0.4) is 0 Å². The molecule has 1 aliphatic heterocycles. The van der Waals surface area contributed by atoms with Crippen molar-refractivity contribution in [2.24, 2.45) is 0 Å². The molecule has 0 aromatic carbocycles. The van der Waals surface area contributed by atoms with Crippen molar-refractivity contribution in [1.82, 2.24) is 0 Å². The smallest absolute Gasteiger partial charge is 0.186 e. The van der Waals surface area contributed by atoms with E-state index in [-0.39, 0.29) is 21.0 Å². The monoisotopic (exact) mass is 254 g/mol. The Morgan fingerprint density at radius 3 is 2.00 bits per heavy atom. The third kappa shape index (κ3) is 4.50. The summed E-state index contributed by atoms with van der Waals surface area (Å²) >= 11 is 0. The van der Waals surface area contributed by atoms with Crippen molar-refractivity contribution in [2.75, 3.05) is 6.61 Å². The standard InChI is InChI=1S/C9H18O6.2CH4/c1-4(2)14-9-8(13)7(12)6(11)5(3-10)15-9;;/h4-13H,3H2,1-2H3;2*1H4/t5?,6-,7-,8?,9-;;/m0../s1. The van der Waals surface area contributed by atoms with Crippen LogP contribution in [0.1, 0.15) is 28.7 Å². The van der Waals surface area contributed by atoms with Crippen molar-refractivity contribution in [3.8, 4) is 0 Å². The first-order valence-corrected chi connectivity index (χ1v) is 4.93. The minimum absolute atomic E-state index is 0. The van der Waals surface area contributed by atoms with Crippen LogP contribution in [0.2, 0.25) is 0 Å². The molecule has 4 N–H and O–H groups in total. The lowest BCUT2D eigenvalue weighted by Gasteiger charge is -2.40. The van der Waals surface area contributed by atoms with Gasteiger partial charge in [-0.25, -0.2) is 0 Å². The predicted molar refractivity (Wildman–Crippen MR) is 63.5 cm³/mol. The first-order chi connectivity index (χ1) is 6.97. The van der Waals surface area contributed by atoms with Gasteiger partial charge in [0, 0.05) is 0 Å². The van der Waals surface area contributed by atoms with Crippen molar-refractivity contribution in [3.63, 3.8) is 0 Å². The first-order valence-electron chi connectivity index (χ1n) is 4.93. The molecule has 1 heterocycles. The second kappa shape index (κ2) is 7.97. The van der Waals surface area contributed by atoms with Crippen LogP contribution in [-0.4, -0.2) is 63.8 Å². The van der Waals surface area contributed by atoms with E-state index in [4.69, 9.17) is 14.6 Å². The molecule has 17 heavy (non-hydrogen) atoms. The maximum Gasteiger partial charge on any atom is 0.186 e. The maximum atomic E-state index is 9.53. The summed E-state index contributed by atoms with van der Waals surface area (Å²) in [6, 6.07) is 0. The Morgan fingerprint density at radius 1 is 1.06 bits per heavy atom. The van der Waals surface area contributed by atoms with E-state index in [1.54, 1.807) is 13.8 Å². The Labute approximate surface area is 103 Å². The number of rotatable bonds is 3. The van der Waals surface area contributed by atoms with E-state index >= 15 is 0 Å². The van der Waals surface area contributed by atoms with Gasteiger partial charge in [0.1, 0.15) is 24.4 Å². The molecule has 0 saturated carbocycles. The summed E-state index contributed by atoms with van der Waals surface area (Å²) < 4.78 is 10.3. The van der Waals surface area contributed by atoms with E-state index in [0.29, 0.717) is 0 Å². The highest BCUT2D eigenvalue weighted by Crippen LogP contribution is 2.22. The Kier molecular flexibility index (Phi) is 8.95. The van der Waals surface area contributed by atoms with Crippen LogP contribution in [0.4, 0.5) is 0 Å². The summed E-state index contributed by atoms with van der Waals surface area (Å²) in [5, 5.41) is 37.3. The summed E-state index contributed by atoms with van der Waals surface area (Å²) in [5.41, 5.74) is 0. The molecule has 0 aliphatic carbocycles. The zero-order chi connectivity index (χ0) is 11.6. The average Bonchev–Trinajstić information content (AvgIpc) is 2.18. The summed E-state index contributed by atoms with van der Waals surface area (Å²) in [5.74, 6) is 0. The zero-order valence-corrected chi connectivity index (χ0v) is 8.78. The minimum atomic E-state index is -1.38. The van der Waals surface area contributed by atoms with Gasteiger partial charge in [0.05, 0.1) is 12.7 Å². The maximum absolute atomic E-state index is 9.53. The Morgan fingerprint density at radius 2 is 1.59 bits per heavy atom. The number of hydrogen-bond acceptors (Lipinski definition) is 6. The number of aliphatic hydroxyl groups excluding tert-OH is 4. The van der Waals surface area contributed by atoms with E-state index in [1.807, 2.05) is 0 Å². The molecule has 0 aromatic rings. The van der Waals surface area contributed by atoms with Crippen LogP contribution in [0.5, 0.6) is 0 Å². The second-order valence-electron chi connectivity index (χ2n) is 3.88. The molecule has 6 nitrogen and oxygen atoms in total. The van der Waals surface area contributed by atoms with Crippen molar-refractivity contribution >= 4 is 0 Å². The summed E-state index contributed by atoms with van der Waals surface area (Å²) in [6.07, 6.45) is -6.15. The average molecular weight is 254 g/mol. The molecule has 0 bridgehead atoms. The molecule has 0 aromatic heterocycles. The molecule has 6 heteroatoms. The van der Waals surface area contributed by atoms with Crippen LogP contribution in [0.25, 0.3) is 0 Å². The zero-order valence-electron chi connectivity index (χ0n) is 8.78. The fourth-order valence-electron chi connectivity index (χ4n) is 1.45. The van der Waals surface area contributed by atoms with E-state index in [0.717, 1.165) is 0 Å². The lowest BCUT2D eigenvalue weighted by Crippen LogP contribution is -2.59. The van der Waals surface area contributed by atoms with Crippen LogP contribution < -0.4 is 0 Å². The van der Waals surface area contributed by atoms with Gasteiger partial charge in [0.25, 0.3) is 0 Å².